The van der Waals surface area contributed by atoms with Gasteiger partial charge in [0.15, 0.2) is 0 Å². The van der Waals surface area contributed by atoms with Crippen LogP contribution >= 0.6 is 0 Å². The normalized spacial score (nSPS) is 16.4. The lowest BCUT2D eigenvalue weighted by atomic mass is 10.0. The highest BCUT2D eigenvalue weighted by Crippen LogP contribution is 2.37. The summed E-state index contributed by atoms with van der Waals surface area (Å²) in [6, 6.07) is 10.9. The van der Waals surface area contributed by atoms with E-state index in [0.717, 1.165) is 6.07 Å². The highest BCUT2D eigenvalue weighted by molar-refractivity contribution is 6.04. The number of aromatic nitrogens is 2. The lowest BCUT2D eigenvalue weighted by Gasteiger charge is -2.09. The monoisotopic (exact) mass is 404 g/mol. The van der Waals surface area contributed by atoms with Crippen molar-refractivity contribution in [2.75, 3.05) is 0 Å². The molecule has 11 heteroatoms. The number of nitro benzene ring substituents is 1. The molecule has 148 valence electrons. The zero-order valence-corrected chi connectivity index (χ0v) is 14.5. The van der Waals surface area contributed by atoms with E-state index in [2.05, 4.69) is 15.3 Å². The Bertz CT molecular complexity index is 1110. The molecule has 2 heterocycles. The van der Waals surface area contributed by atoms with Crippen molar-refractivity contribution >= 4 is 11.4 Å². The average molecular weight is 404 g/mol. The molecule has 2 aromatic carbocycles. The zero-order valence-electron chi connectivity index (χ0n) is 14.5. The molecule has 29 heavy (non-hydrogen) atoms. The maximum absolute atomic E-state index is 13.2. The third kappa shape index (κ3) is 3.53. The van der Waals surface area contributed by atoms with Crippen LogP contribution in [0.1, 0.15) is 29.5 Å². The highest BCUT2D eigenvalue weighted by atomic mass is 19.4. The van der Waals surface area contributed by atoms with Crippen molar-refractivity contribution < 1.29 is 27.5 Å². The van der Waals surface area contributed by atoms with Crippen LogP contribution in [0.25, 0.3) is 11.4 Å². The summed E-state index contributed by atoms with van der Waals surface area (Å²) in [6.45, 7) is 0. The molecule has 8 nitrogen and oxygen atoms in total. The number of alkyl halides is 3. The molecule has 1 aliphatic heterocycles. The Morgan fingerprint density at radius 2 is 1.76 bits per heavy atom. The van der Waals surface area contributed by atoms with E-state index in [4.69, 9.17) is 9.36 Å². The van der Waals surface area contributed by atoms with E-state index in [9.17, 15) is 23.3 Å². The molecule has 0 N–H and O–H groups in total. The van der Waals surface area contributed by atoms with Gasteiger partial charge < -0.3 is 9.36 Å². The molecule has 1 aromatic heterocycles. The first-order chi connectivity index (χ1) is 13.8. The molecule has 0 spiro atoms. The van der Waals surface area contributed by atoms with Crippen LogP contribution < -0.4 is 0 Å². The van der Waals surface area contributed by atoms with Gasteiger partial charge in [-0.3, -0.25) is 10.1 Å². The second-order valence-corrected chi connectivity index (χ2v) is 6.11. The van der Waals surface area contributed by atoms with Gasteiger partial charge in [0.2, 0.25) is 11.9 Å². The van der Waals surface area contributed by atoms with Gasteiger partial charge in [0, 0.05) is 18.1 Å². The van der Waals surface area contributed by atoms with E-state index in [-0.39, 0.29) is 35.0 Å². The fraction of sp³-hybridized carbons (Fsp3) is 0.167. The third-order valence-electron chi connectivity index (χ3n) is 4.27. The molecular formula is C18H11F3N4O4. The number of halogens is 3. The lowest BCUT2D eigenvalue weighted by Crippen LogP contribution is -2.07. The van der Waals surface area contributed by atoms with Crippen molar-refractivity contribution in [2.24, 2.45) is 5.16 Å². The van der Waals surface area contributed by atoms with Crippen LogP contribution in [0.3, 0.4) is 0 Å². The molecule has 0 aliphatic carbocycles. The summed E-state index contributed by atoms with van der Waals surface area (Å²) in [5.74, 6) is -0.315. The van der Waals surface area contributed by atoms with E-state index in [0.29, 0.717) is 5.71 Å². The smallest absolute Gasteiger partial charge is 0.382 e. The Labute approximate surface area is 160 Å². The summed E-state index contributed by atoms with van der Waals surface area (Å²) in [4.78, 5) is 19.9. The summed E-state index contributed by atoms with van der Waals surface area (Å²) >= 11 is 0. The van der Waals surface area contributed by atoms with Gasteiger partial charge in [0.1, 0.15) is 0 Å². The summed E-state index contributed by atoms with van der Waals surface area (Å²) in [5.41, 5.74) is -0.676. The van der Waals surface area contributed by atoms with Gasteiger partial charge in [-0.2, -0.15) is 18.2 Å². The summed E-state index contributed by atoms with van der Waals surface area (Å²) < 4.78 is 44.7. The zero-order chi connectivity index (χ0) is 20.6. The number of oxime groups is 1. The van der Waals surface area contributed by atoms with Gasteiger partial charge in [0.25, 0.3) is 11.6 Å². The van der Waals surface area contributed by atoms with Crippen molar-refractivity contribution in [3.05, 3.63) is 75.7 Å². The fourth-order valence-corrected chi connectivity index (χ4v) is 2.95. The van der Waals surface area contributed by atoms with Crippen LogP contribution in [0.2, 0.25) is 0 Å². The molecule has 0 saturated carbocycles. The van der Waals surface area contributed by atoms with Crippen LogP contribution in [0, 0.1) is 10.1 Å². The molecule has 1 aliphatic rings. The second kappa shape index (κ2) is 7.00. The van der Waals surface area contributed by atoms with Gasteiger partial charge in [-0.05, 0) is 12.1 Å². The van der Waals surface area contributed by atoms with Crippen LogP contribution in [0.4, 0.5) is 18.9 Å². The number of benzene rings is 2. The van der Waals surface area contributed by atoms with Crippen molar-refractivity contribution in [3.8, 4) is 11.4 Å². The molecule has 1 atom stereocenters. The lowest BCUT2D eigenvalue weighted by molar-refractivity contribution is -0.385. The molecule has 0 saturated heterocycles. The largest absolute Gasteiger partial charge is 0.417 e. The maximum Gasteiger partial charge on any atom is 0.417 e. The predicted molar refractivity (Wildman–Crippen MR) is 92.8 cm³/mol. The SMILES string of the molecule is O=[N+]([O-])c1ccccc1C1=NOC(c2nc(-c3ccccc3C(F)(F)F)no2)C1. The summed E-state index contributed by atoms with van der Waals surface area (Å²) in [7, 11) is 0. The minimum absolute atomic E-state index is 0.0747. The van der Waals surface area contributed by atoms with Gasteiger partial charge in [0.05, 0.1) is 21.8 Å². The third-order valence-corrected chi connectivity index (χ3v) is 4.27. The molecule has 0 bridgehead atoms. The van der Waals surface area contributed by atoms with Gasteiger partial charge in [-0.15, -0.1) is 0 Å². The number of para-hydroxylation sites is 1. The average Bonchev–Trinajstić information content (AvgIpc) is 3.37. The summed E-state index contributed by atoms with van der Waals surface area (Å²) in [6.07, 6.45) is -5.35. The topological polar surface area (TPSA) is 104 Å². The number of hydrogen-bond acceptors (Lipinski definition) is 7. The molecule has 1 unspecified atom stereocenters. The number of nitro groups is 1. The molecule has 0 fully saturated rings. The second-order valence-electron chi connectivity index (χ2n) is 6.11. The minimum atomic E-state index is -4.58. The standard InChI is InChI=1S/C18H11F3N4O4/c19-18(20,21)12-7-3-1-5-10(12)16-22-17(29-24-16)15-9-13(23-28-15)11-6-2-4-8-14(11)25(26)27/h1-8,15H,9H2. The van der Waals surface area contributed by atoms with Crippen LogP contribution in [-0.4, -0.2) is 20.8 Å². The van der Waals surface area contributed by atoms with Gasteiger partial charge in [-0.25, -0.2) is 0 Å². The van der Waals surface area contributed by atoms with Crippen molar-refractivity contribution in [3.63, 3.8) is 0 Å². The Hall–Kier alpha value is -3.76. The van der Waals surface area contributed by atoms with Crippen molar-refractivity contribution in [2.45, 2.75) is 18.7 Å². The Balaban J connectivity index is 1.59. The Morgan fingerprint density at radius 1 is 1.07 bits per heavy atom. The van der Waals surface area contributed by atoms with E-state index < -0.39 is 22.8 Å². The number of nitrogens with zero attached hydrogens (tertiary/aromatic N) is 4. The van der Waals surface area contributed by atoms with E-state index in [1.54, 1.807) is 6.07 Å². The first-order valence-electron chi connectivity index (χ1n) is 8.31. The van der Waals surface area contributed by atoms with Crippen molar-refractivity contribution in [1.29, 1.82) is 0 Å². The number of hydrogen-bond donors (Lipinski definition) is 0. The van der Waals surface area contributed by atoms with E-state index >= 15 is 0 Å². The van der Waals surface area contributed by atoms with E-state index in [1.165, 1.54) is 36.4 Å². The Morgan fingerprint density at radius 3 is 2.48 bits per heavy atom. The molecular weight excluding hydrogens is 393 g/mol. The predicted octanol–water partition coefficient (Wildman–Crippen LogP) is 4.53. The van der Waals surface area contributed by atoms with E-state index in [1.807, 2.05) is 0 Å². The molecule has 4 rings (SSSR count). The minimum Gasteiger partial charge on any atom is -0.382 e. The molecule has 0 amide bonds. The maximum atomic E-state index is 13.2. The first kappa shape index (κ1) is 18.6. The van der Waals surface area contributed by atoms with Gasteiger partial charge in [-0.1, -0.05) is 40.6 Å². The van der Waals surface area contributed by atoms with Crippen LogP contribution in [0.15, 0.2) is 58.2 Å². The molecule has 0 radical (unpaired) electrons. The number of rotatable bonds is 4. The fourth-order valence-electron chi connectivity index (χ4n) is 2.95. The van der Waals surface area contributed by atoms with Gasteiger partial charge >= 0.3 is 6.18 Å². The van der Waals surface area contributed by atoms with Crippen LogP contribution in [0.5, 0.6) is 0 Å². The molecule has 3 aromatic rings. The summed E-state index contributed by atoms with van der Waals surface area (Å²) in [5, 5.41) is 18.7. The van der Waals surface area contributed by atoms with Crippen LogP contribution in [-0.2, 0) is 11.0 Å². The van der Waals surface area contributed by atoms with Crippen molar-refractivity contribution in [1.82, 2.24) is 10.1 Å². The highest BCUT2D eigenvalue weighted by Gasteiger charge is 2.36. The quantitative estimate of drug-likeness (QED) is 0.467. The Kier molecular flexibility index (Phi) is 4.49. The first-order valence-corrected chi connectivity index (χ1v) is 8.31.